The van der Waals surface area contributed by atoms with Crippen LogP contribution >= 0.6 is 0 Å². The maximum atomic E-state index is 13.7. The summed E-state index contributed by atoms with van der Waals surface area (Å²) in [5.74, 6) is -0.0617. The average Bonchev–Trinajstić information content (AvgIpc) is 3.40. The number of fused-ring (bicyclic) bond motifs is 2. The largest absolute Gasteiger partial charge is 0.388 e. The predicted molar refractivity (Wildman–Crippen MR) is 184 cm³/mol. The van der Waals surface area contributed by atoms with E-state index in [0.717, 1.165) is 71.6 Å². The van der Waals surface area contributed by atoms with Crippen LogP contribution in [-0.2, 0) is 15.0 Å². The fourth-order valence-electron chi connectivity index (χ4n) is 7.38. The van der Waals surface area contributed by atoms with Crippen LogP contribution in [0.5, 0.6) is 0 Å². The van der Waals surface area contributed by atoms with Gasteiger partial charge in [-0.3, -0.25) is 9.59 Å². The molecule has 0 radical (unpaired) electrons. The Morgan fingerprint density at radius 2 is 1.89 bits per heavy atom. The molecule has 5 rings (SSSR count). The van der Waals surface area contributed by atoms with Crippen molar-refractivity contribution < 1.29 is 9.59 Å². The molecule has 0 aromatic heterocycles. The Morgan fingerprint density at radius 3 is 2.55 bits per heavy atom. The average molecular weight is 599 g/mol. The molecule has 2 amide bonds. The molecule has 4 unspecified atom stereocenters. The number of allylic oxidation sites excluding steroid dienone is 1. The van der Waals surface area contributed by atoms with Crippen molar-refractivity contribution in [3.8, 4) is 11.1 Å². The summed E-state index contributed by atoms with van der Waals surface area (Å²) in [6, 6.07) is 15.0. The van der Waals surface area contributed by atoms with Crippen LogP contribution in [-0.4, -0.2) is 60.9 Å². The Kier molecular flexibility index (Phi) is 11.1. The van der Waals surface area contributed by atoms with E-state index < -0.39 is 5.41 Å². The molecule has 1 aliphatic carbocycles. The quantitative estimate of drug-likeness (QED) is 0.266. The van der Waals surface area contributed by atoms with Gasteiger partial charge in [-0.25, -0.2) is 0 Å². The molecule has 2 aromatic carbocycles. The number of carbonyl (C=O) groups excluding carboxylic acids is 2. The lowest BCUT2D eigenvalue weighted by molar-refractivity contribution is -0.132. The van der Waals surface area contributed by atoms with E-state index in [1.54, 1.807) is 0 Å². The van der Waals surface area contributed by atoms with Gasteiger partial charge in [0.2, 0.25) is 11.8 Å². The number of amides is 2. The van der Waals surface area contributed by atoms with Crippen LogP contribution in [0.25, 0.3) is 17.2 Å². The minimum absolute atomic E-state index is 0.00244. The number of rotatable bonds is 12. The highest BCUT2D eigenvalue weighted by molar-refractivity contribution is 6.11. The number of likely N-dealkylation sites (tertiary alicyclic amines) is 1. The molecule has 2 aromatic rings. The number of nitrogens with zero attached hydrogens (tertiary/aromatic N) is 2. The van der Waals surface area contributed by atoms with Crippen molar-refractivity contribution in [3.05, 3.63) is 71.4 Å². The summed E-state index contributed by atoms with van der Waals surface area (Å²) in [4.78, 5) is 31.9. The first-order valence-corrected chi connectivity index (χ1v) is 16.9. The van der Waals surface area contributed by atoms with Gasteiger partial charge in [-0.1, -0.05) is 63.8 Å². The summed E-state index contributed by atoms with van der Waals surface area (Å²) in [5, 5.41) is 6.80. The minimum atomic E-state index is -0.631. The van der Waals surface area contributed by atoms with Crippen molar-refractivity contribution in [1.29, 1.82) is 0 Å². The molecule has 1 spiro atoms. The second-order valence-electron chi connectivity index (χ2n) is 12.4. The van der Waals surface area contributed by atoms with E-state index in [2.05, 4.69) is 61.1 Å². The van der Waals surface area contributed by atoms with Gasteiger partial charge in [-0.15, -0.1) is 0 Å². The van der Waals surface area contributed by atoms with Crippen LogP contribution < -0.4 is 10.6 Å². The van der Waals surface area contributed by atoms with Gasteiger partial charge in [0.25, 0.3) is 0 Å². The van der Waals surface area contributed by atoms with Gasteiger partial charge in [0.05, 0.1) is 11.3 Å². The summed E-state index contributed by atoms with van der Waals surface area (Å²) in [5.41, 5.74) is 6.64. The second kappa shape index (κ2) is 14.6. The smallest absolute Gasteiger partial charge is 0.235 e. The summed E-state index contributed by atoms with van der Waals surface area (Å²) >= 11 is 0. The molecule has 44 heavy (non-hydrogen) atoms. The summed E-state index contributed by atoms with van der Waals surface area (Å²) in [7, 11) is 1.94. The fraction of sp³-hybridized carbons (Fsp3) is 0.526. The Hall–Kier alpha value is -3.38. The van der Waals surface area contributed by atoms with Crippen molar-refractivity contribution in [3.63, 3.8) is 0 Å². The molecule has 2 aliphatic heterocycles. The highest BCUT2D eigenvalue weighted by Gasteiger charge is 2.67. The number of anilines is 1. The SMILES string of the molecule is C=Cc1cccc(-c2cccc3c2C2(CC2/C(NCC)=C(\C)C(C)C(=O)N(C)CCC(CC)N2CCCC2)C(=O)N3)c1.CC. The van der Waals surface area contributed by atoms with Gasteiger partial charge in [-0.2, -0.15) is 0 Å². The van der Waals surface area contributed by atoms with Gasteiger partial charge >= 0.3 is 0 Å². The van der Waals surface area contributed by atoms with Crippen LogP contribution in [0.1, 0.15) is 84.8 Å². The topological polar surface area (TPSA) is 64.7 Å². The Labute approximate surface area is 266 Å². The summed E-state index contributed by atoms with van der Waals surface area (Å²) in [6.45, 7) is 20.2. The standard InChI is InChI=1S/C36H48N4O2.C2H6/c1-7-26-14-12-15-27(22-26)29-16-13-17-31-32(29)36(35(42)38-31)23-30(36)33(37-9-3)24(4)25(5)34(41)39(6)21-18-28(8-2)40-19-10-11-20-40;1-2/h7,12-17,22,25,28,30,37H,1,8-11,18-21,23H2,2-6H3,(H,38,42);1-2H3/b33-24-;. The van der Waals surface area contributed by atoms with Gasteiger partial charge in [0, 0.05) is 43.5 Å². The maximum Gasteiger partial charge on any atom is 0.235 e. The molecule has 4 atom stereocenters. The predicted octanol–water partition coefficient (Wildman–Crippen LogP) is 7.48. The molecule has 6 heteroatoms. The van der Waals surface area contributed by atoms with Gasteiger partial charge in [0.15, 0.2) is 0 Å². The van der Waals surface area contributed by atoms with Crippen LogP contribution in [0.4, 0.5) is 5.69 Å². The Bertz CT molecular complexity index is 1370. The zero-order valence-electron chi connectivity index (χ0n) is 28.1. The molecule has 2 heterocycles. The van der Waals surface area contributed by atoms with Crippen molar-refractivity contribution in [1.82, 2.24) is 15.1 Å². The number of benzene rings is 2. The van der Waals surface area contributed by atoms with Crippen molar-refractivity contribution >= 4 is 23.6 Å². The first kappa shape index (κ1) is 33.5. The van der Waals surface area contributed by atoms with Crippen LogP contribution in [0.15, 0.2) is 60.3 Å². The third kappa shape index (κ3) is 6.37. The van der Waals surface area contributed by atoms with E-state index in [-0.39, 0.29) is 23.7 Å². The van der Waals surface area contributed by atoms with Crippen molar-refractivity contribution in [2.24, 2.45) is 11.8 Å². The summed E-state index contributed by atoms with van der Waals surface area (Å²) < 4.78 is 0. The third-order valence-electron chi connectivity index (χ3n) is 10.0. The van der Waals surface area contributed by atoms with Crippen LogP contribution in [0.3, 0.4) is 0 Å². The first-order valence-electron chi connectivity index (χ1n) is 16.9. The lowest BCUT2D eigenvalue weighted by Crippen LogP contribution is -2.39. The Balaban J connectivity index is 0.00000216. The van der Waals surface area contributed by atoms with E-state index >= 15 is 0 Å². The molecule has 1 saturated heterocycles. The molecule has 3 aliphatic rings. The monoisotopic (exact) mass is 598 g/mol. The number of hydrogen-bond donors (Lipinski definition) is 2. The molecular formula is C38H54N4O2. The first-order chi connectivity index (χ1) is 21.3. The zero-order valence-corrected chi connectivity index (χ0v) is 28.1. The van der Waals surface area contributed by atoms with Gasteiger partial charge in [0.1, 0.15) is 0 Å². The minimum Gasteiger partial charge on any atom is -0.388 e. The van der Waals surface area contributed by atoms with E-state index in [1.807, 2.05) is 63.1 Å². The molecule has 238 valence electrons. The second-order valence-corrected chi connectivity index (χ2v) is 12.4. The molecular weight excluding hydrogens is 544 g/mol. The fourth-order valence-corrected chi connectivity index (χ4v) is 7.38. The molecule has 0 bridgehead atoms. The lowest BCUT2D eigenvalue weighted by atomic mass is 9.85. The highest BCUT2D eigenvalue weighted by atomic mass is 16.2. The maximum absolute atomic E-state index is 13.7. The van der Waals surface area contributed by atoms with Crippen LogP contribution in [0.2, 0.25) is 0 Å². The van der Waals surface area contributed by atoms with Crippen molar-refractivity contribution in [2.75, 3.05) is 38.5 Å². The van der Waals surface area contributed by atoms with Crippen LogP contribution in [0, 0.1) is 11.8 Å². The lowest BCUT2D eigenvalue weighted by Gasteiger charge is -2.30. The number of hydrogen-bond acceptors (Lipinski definition) is 4. The van der Waals surface area contributed by atoms with Gasteiger partial charge < -0.3 is 20.4 Å². The highest BCUT2D eigenvalue weighted by Crippen LogP contribution is 2.64. The van der Waals surface area contributed by atoms with Crippen molar-refractivity contribution in [2.45, 2.75) is 85.1 Å². The number of carbonyl (C=O) groups is 2. The van der Waals surface area contributed by atoms with Gasteiger partial charge in [-0.05, 0) is 106 Å². The van der Waals surface area contributed by atoms with E-state index in [4.69, 9.17) is 0 Å². The molecule has 2 fully saturated rings. The summed E-state index contributed by atoms with van der Waals surface area (Å²) in [6.07, 6.45) is 7.28. The third-order valence-corrected chi connectivity index (χ3v) is 10.0. The van der Waals surface area contributed by atoms with E-state index in [1.165, 1.54) is 25.9 Å². The van der Waals surface area contributed by atoms with E-state index in [0.29, 0.717) is 6.04 Å². The molecule has 1 saturated carbocycles. The Morgan fingerprint density at radius 1 is 1.18 bits per heavy atom. The molecule has 6 nitrogen and oxygen atoms in total. The number of nitrogens with one attached hydrogen (secondary N) is 2. The normalized spacial score (nSPS) is 22.2. The zero-order chi connectivity index (χ0) is 32.0. The molecule has 2 N–H and O–H groups in total. The van der Waals surface area contributed by atoms with E-state index in [9.17, 15) is 9.59 Å².